The van der Waals surface area contributed by atoms with Crippen LogP contribution in [0.5, 0.6) is 5.75 Å². The number of amides is 4. The summed E-state index contributed by atoms with van der Waals surface area (Å²) in [4.78, 5) is 61.7. The highest BCUT2D eigenvalue weighted by Gasteiger charge is 2.32. The zero-order valence-electron chi connectivity index (χ0n) is 22.4. The van der Waals surface area contributed by atoms with Crippen LogP contribution in [-0.2, 0) is 30.4 Å². The molecular weight excluding hydrogens is 494 g/mol. The maximum atomic E-state index is 13.3. The van der Waals surface area contributed by atoms with Crippen molar-refractivity contribution in [3.63, 3.8) is 0 Å². The molecule has 1 aromatic carbocycles. The molecule has 1 rings (SSSR count). The molecule has 0 spiro atoms. The Bertz CT molecular complexity index is 967. The number of nitrogens with one attached hydrogen (secondary N) is 3. The van der Waals surface area contributed by atoms with Crippen molar-refractivity contribution < 1.29 is 34.2 Å². The first-order chi connectivity index (χ1) is 17.7. The fraction of sp³-hybridized carbons (Fsp3) is 0.577. The Hall–Kier alpha value is -3.67. The average Bonchev–Trinajstić information content (AvgIpc) is 2.84. The Morgan fingerprint density at radius 2 is 1.47 bits per heavy atom. The Balaban J connectivity index is 2.99. The molecule has 1 aromatic rings. The van der Waals surface area contributed by atoms with E-state index in [1.54, 1.807) is 19.1 Å². The maximum absolute atomic E-state index is 13.3. The zero-order valence-corrected chi connectivity index (χ0v) is 22.4. The number of carboxylic acid groups (broad SMARTS) is 1. The third kappa shape index (κ3) is 11.2. The van der Waals surface area contributed by atoms with Crippen LogP contribution in [-0.4, -0.2) is 64.0 Å². The topological polar surface area (TPSA) is 214 Å². The van der Waals surface area contributed by atoms with E-state index in [1.807, 2.05) is 20.8 Å². The highest BCUT2D eigenvalue weighted by Crippen LogP contribution is 2.13. The van der Waals surface area contributed by atoms with Gasteiger partial charge in [0.15, 0.2) is 0 Å². The third-order valence-electron chi connectivity index (χ3n) is 6.16. The van der Waals surface area contributed by atoms with E-state index in [-0.39, 0.29) is 43.3 Å². The Morgan fingerprint density at radius 1 is 0.895 bits per heavy atom. The lowest BCUT2D eigenvalue weighted by Gasteiger charge is -2.28. The first-order valence-corrected chi connectivity index (χ1v) is 12.7. The van der Waals surface area contributed by atoms with Gasteiger partial charge in [-0.25, -0.2) is 4.79 Å². The molecule has 12 heteroatoms. The van der Waals surface area contributed by atoms with Gasteiger partial charge < -0.3 is 37.6 Å². The number of aromatic hydroxyl groups is 1. The molecule has 12 nitrogen and oxygen atoms in total. The lowest BCUT2D eigenvalue weighted by atomic mass is 9.96. The van der Waals surface area contributed by atoms with Crippen molar-refractivity contribution in [3.8, 4) is 5.75 Å². The van der Waals surface area contributed by atoms with Gasteiger partial charge in [0, 0.05) is 6.42 Å². The Kier molecular flexibility index (Phi) is 13.2. The number of phenols is 1. The largest absolute Gasteiger partial charge is 0.508 e. The van der Waals surface area contributed by atoms with Gasteiger partial charge in [0.05, 0.1) is 6.04 Å². The van der Waals surface area contributed by atoms with E-state index < -0.39 is 53.8 Å². The molecule has 0 radical (unpaired) electrons. The Morgan fingerprint density at radius 3 is 1.97 bits per heavy atom. The summed E-state index contributed by atoms with van der Waals surface area (Å²) in [5.74, 6) is -4.16. The molecule has 4 amide bonds. The lowest BCUT2D eigenvalue weighted by molar-refractivity contribution is -0.142. The number of phenolic OH excluding ortho intramolecular Hbond substituents is 1. The smallest absolute Gasteiger partial charge is 0.326 e. The van der Waals surface area contributed by atoms with Gasteiger partial charge in [-0.05, 0) is 48.8 Å². The van der Waals surface area contributed by atoms with Crippen LogP contribution in [0.2, 0.25) is 0 Å². The van der Waals surface area contributed by atoms with Gasteiger partial charge in [-0.1, -0.05) is 46.2 Å². The van der Waals surface area contributed by atoms with Crippen LogP contribution in [0.1, 0.15) is 58.9 Å². The second-order valence-electron chi connectivity index (χ2n) is 9.94. The number of rotatable bonds is 16. The molecule has 0 aliphatic carbocycles. The molecule has 5 unspecified atom stereocenters. The molecule has 0 heterocycles. The monoisotopic (exact) mass is 535 g/mol. The molecular formula is C26H41N5O7. The Labute approximate surface area is 222 Å². The summed E-state index contributed by atoms with van der Waals surface area (Å²) in [6.07, 6.45) is 0.511. The van der Waals surface area contributed by atoms with Crippen molar-refractivity contribution in [2.24, 2.45) is 23.3 Å². The van der Waals surface area contributed by atoms with Crippen molar-refractivity contribution in [3.05, 3.63) is 29.8 Å². The highest BCUT2D eigenvalue weighted by molar-refractivity contribution is 5.94. The normalized spacial score (nSPS) is 15.0. The number of benzene rings is 1. The second-order valence-corrected chi connectivity index (χ2v) is 9.94. The van der Waals surface area contributed by atoms with Gasteiger partial charge in [-0.15, -0.1) is 0 Å². The number of carboxylic acids is 1. The summed E-state index contributed by atoms with van der Waals surface area (Å²) < 4.78 is 0. The van der Waals surface area contributed by atoms with Crippen LogP contribution in [0.25, 0.3) is 0 Å². The van der Waals surface area contributed by atoms with Crippen molar-refractivity contribution in [1.82, 2.24) is 16.0 Å². The molecule has 0 aliphatic heterocycles. The van der Waals surface area contributed by atoms with E-state index >= 15 is 0 Å². The fourth-order valence-electron chi connectivity index (χ4n) is 3.72. The highest BCUT2D eigenvalue weighted by atomic mass is 16.4. The van der Waals surface area contributed by atoms with Crippen LogP contribution in [0.15, 0.2) is 24.3 Å². The average molecular weight is 536 g/mol. The summed E-state index contributed by atoms with van der Waals surface area (Å²) in [5, 5.41) is 26.6. The predicted molar refractivity (Wildman–Crippen MR) is 141 cm³/mol. The van der Waals surface area contributed by atoms with E-state index in [0.29, 0.717) is 6.42 Å². The summed E-state index contributed by atoms with van der Waals surface area (Å²) in [5.41, 5.74) is 11.9. The van der Waals surface area contributed by atoms with Gasteiger partial charge in [-0.2, -0.15) is 0 Å². The van der Waals surface area contributed by atoms with Crippen LogP contribution < -0.4 is 27.4 Å². The minimum Gasteiger partial charge on any atom is -0.508 e. The standard InChI is InChI=1S/C26H41N5O7/c1-5-15(4)22(31-23(34)18(27)13-16-6-8-17(32)9-7-16)25(36)30-20(12-14(2)3)24(35)29-19(26(37)38)10-11-21(28)33/h6-9,14-15,18-20,22,32H,5,10-13,27H2,1-4H3,(H2,28,33)(H,29,35)(H,30,36)(H,31,34)(H,37,38). The number of primary amides is 1. The van der Waals surface area contributed by atoms with E-state index in [1.165, 1.54) is 12.1 Å². The van der Waals surface area contributed by atoms with Gasteiger partial charge >= 0.3 is 5.97 Å². The van der Waals surface area contributed by atoms with Crippen LogP contribution in [0.3, 0.4) is 0 Å². The zero-order chi connectivity index (χ0) is 29.0. The number of nitrogens with two attached hydrogens (primary N) is 2. The molecule has 0 saturated carbocycles. The molecule has 212 valence electrons. The minimum atomic E-state index is -1.36. The first kappa shape index (κ1) is 32.4. The maximum Gasteiger partial charge on any atom is 0.326 e. The van der Waals surface area contributed by atoms with E-state index in [9.17, 15) is 34.2 Å². The number of aliphatic carboxylic acids is 1. The van der Waals surface area contributed by atoms with Gasteiger partial charge in [-0.3, -0.25) is 19.2 Å². The fourth-order valence-corrected chi connectivity index (χ4v) is 3.72. The molecule has 0 fully saturated rings. The van der Waals surface area contributed by atoms with Crippen LogP contribution in [0.4, 0.5) is 0 Å². The number of hydrogen-bond acceptors (Lipinski definition) is 7. The van der Waals surface area contributed by atoms with E-state index in [4.69, 9.17) is 11.5 Å². The van der Waals surface area contributed by atoms with Gasteiger partial charge in [0.2, 0.25) is 23.6 Å². The molecule has 0 saturated heterocycles. The number of hydrogen-bond donors (Lipinski definition) is 7. The molecule has 5 atom stereocenters. The third-order valence-corrected chi connectivity index (χ3v) is 6.16. The molecule has 0 bridgehead atoms. The van der Waals surface area contributed by atoms with Crippen LogP contribution in [0, 0.1) is 11.8 Å². The van der Waals surface area contributed by atoms with E-state index in [2.05, 4.69) is 16.0 Å². The summed E-state index contributed by atoms with van der Waals surface area (Å²) in [6, 6.07) is 1.86. The van der Waals surface area contributed by atoms with Gasteiger partial charge in [0.1, 0.15) is 23.9 Å². The molecule has 0 aliphatic rings. The van der Waals surface area contributed by atoms with Crippen molar-refractivity contribution in [2.45, 2.75) is 84.0 Å². The van der Waals surface area contributed by atoms with E-state index in [0.717, 1.165) is 5.56 Å². The number of carbonyl (C=O) groups is 5. The number of carbonyl (C=O) groups excluding carboxylic acids is 4. The summed E-state index contributed by atoms with van der Waals surface area (Å²) >= 11 is 0. The quantitative estimate of drug-likeness (QED) is 0.154. The van der Waals surface area contributed by atoms with Crippen molar-refractivity contribution in [1.29, 1.82) is 0 Å². The SMILES string of the molecule is CCC(C)C(NC(=O)C(N)Cc1ccc(O)cc1)C(=O)NC(CC(C)C)C(=O)NC(CCC(N)=O)C(=O)O. The summed E-state index contributed by atoms with van der Waals surface area (Å²) in [7, 11) is 0. The van der Waals surface area contributed by atoms with Crippen molar-refractivity contribution >= 4 is 29.6 Å². The predicted octanol–water partition coefficient (Wildman–Crippen LogP) is 0.159. The van der Waals surface area contributed by atoms with Gasteiger partial charge in [0.25, 0.3) is 0 Å². The summed E-state index contributed by atoms with van der Waals surface area (Å²) in [6.45, 7) is 7.30. The minimum absolute atomic E-state index is 0.0321. The van der Waals surface area contributed by atoms with Crippen molar-refractivity contribution in [2.75, 3.05) is 0 Å². The van der Waals surface area contributed by atoms with Crippen LogP contribution >= 0.6 is 0 Å². The molecule has 9 N–H and O–H groups in total. The second kappa shape index (κ2) is 15.6. The molecule has 38 heavy (non-hydrogen) atoms. The molecule has 0 aromatic heterocycles. The first-order valence-electron chi connectivity index (χ1n) is 12.7. The lowest BCUT2D eigenvalue weighted by Crippen LogP contribution is -2.59.